The second-order valence-electron chi connectivity index (χ2n) is 8.12. The molecule has 0 saturated heterocycles. The summed E-state index contributed by atoms with van der Waals surface area (Å²) in [5.41, 5.74) is 0. The molecule has 28 heavy (non-hydrogen) atoms. The third kappa shape index (κ3) is 30.0. The van der Waals surface area contributed by atoms with Crippen LogP contribution in [0.5, 0.6) is 0 Å². The smallest absolute Gasteiger partial charge is 0.0571 e. The Morgan fingerprint density at radius 1 is 0.357 bits per heavy atom. The first-order chi connectivity index (χ1) is 12.7. The van der Waals surface area contributed by atoms with Gasteiger partial charge in [0.25, 0.3) is 0 Å². The molecule has 0 nitrogen and oxygen atoms in total. The molecular formula is C24H56ClP2Pt+. The molecule has 0 heterocycles. The van der Waals surface area contributed by atoms with Crippen LogP contribution in [-0.4, -0.2) is 37.0 Å². The molecule has 0 rings (SSSR count). The summed E-state index contributed by atoms with van der Waals surface area (Å²) in [5.74, 6) is 0. The summed E-state index contributed by atoms with van der Waals surface area (Å²) in [6, 6.07) is 0. The molecular weight excluding hydrogens is 581 g/mol. The van der Waals surface area contributed by atoms with Crippen LogP contribution in [0.2, 0.25) is 0 Å². The summed E-state index contributed by atoms with van der Waals surface area (Å²) >= 11 is 0. The number of hydrogen-bond donors (Lipinski definition) is 0. The minimum atomic E-state index is 0. The van der Waals surface area contributed by atoms with Crippen molar-refractivity contribution in [2.45, 2.75) is 119 Å². The Bertz CT molecular complexity index is 181. The van der Waals surface area contributed by atoms with Crippen molar-refractivity contribution in [3.05, 3.63) is 0 Å². The molecule has 0 radical (unpaired) electrons. The molecule has 0 bridgehead atoms. The van der Waals surface area contributed by atoms with E-state index in [-0.39, 0.29) is 49.3 Å². The van der Waals surface area contributed by atoms with Crippen molar-refractivity contribution in [2.24, 2.45) is 0 Å². The molecule has 0 spiro atoms. The number of unbranched alkanes of at least 4 members (excludes halogenated alkanes) is 6. The SMILES string of the molecule is CCCC[PH+](CCCC)CCCC.CCCC[PH+](CCCC)CCCC.[Cl-].[Pt]. The van der Waals surface area contributed by atoms with E-state index in [1.165, 1.54) is 77.0 Å². The third-order valence-electron chi connectivity index (χ3n) is 5.30. The number of hydrogen-bond acceptors (Lipinski definition) is 0. The summed E-state index contributed by atoms with van der Waals surface area (Å²) in [6.07, 6.45) is 26.8. The molecule has 0 atom stereocenters. The van der Waals surface area contributed by atoms with Gasteiger partial charge in [0, 0.05) is 36.9 Å². The molecule has 0 aliphatic carbocycles. The van der Waals surface area contributed by atoms with Gasteiger partial charge in [0.15, 0.2) is 0 Å². The monoisotopic (exact) mass is 636 g/mol. The minimum Gasteiger partial charge on any atom is -1.00 e. The van der Waals surface area contributed by atoms with Crippen molar-refractivity contribution in [1.29, 1.82) is 0 Å². The maximum atomic E-state index is 2.32. The van der Waals surface area contributed by atoms with Crippen molar-refractivity contribution in [2.75, 3.05) is 37.0 Å². The molecule has 4 heteroatoms. The molecule has 0 fully saturated rings. The fourth-order valence-electron chi connectivity index (χ4n) is 3.31. The van der Waals surface area contributed by atoms with Gasteiger partial charge in [0.05, 0.1) is 37.0 Å². The first-order valence-corrected chi connectivity index (χ1v) is 16.6. The molecule has 0 unspecified atom stereocenters. The predicted octanol–water partition coefficient (Wildman–Crippen LogP) is 6.20. The Morgan fingerprint density at radius 3 is 0.607 bits per heavy atom. The van der Waals surface area contributed by atoms with Crippen molar-refractivity contribution in [3.63, 3.8) is 0 Å². The maximum absolute atomic E-state index is 2.32. The second kappa shape index (κ2) is 33.5. The van der Waals surface area contributed by atoms with E-state index in [1.54, 1.807) is 37.0 Å². The average Bonchev–Trinajstić information content (AvgIpc) is 2.67. The minimum absolute atomic E-state index is 0. The van der Waals surface area contributed by atoms with Crippen LogP contribution in [0.15, 0.2) is 0 Å². The Kier molecular flexibility index (Phi) is 44.4. The number of halogens is 1. The van der Waals surface area contributed by atoms with Crippen LogP contribution < -0.4 is 12.4 Å². The molecule has 0 aromatic rings. The van der Waals surface area contributed by atoms with Crippen LogP contribution in [0.3, 0.4) is 0 Å². The van der Waals surface area contributed by atoms with Crippen LogP contribution in [0, 0.1) is 0 Å². The zero-order valence-corrected chi connectivity index (χ0v) is 25.5. The average molecular weight is 637 g/mol. The van der Waals surface area contributed by atoms with Gasteiger partial charge in [-0.3, -0.25) is 0 Å². The van der Waals surface area contributed by atoms with E-state index in [0.717, 1.165) is 0 Å². The Labute approximate surface area is 204 Å². The van der Waals surface area contributed by atoms with Gasteiger partial charge in [0.1, 0.15) is 0 Å². The van der Waals surface area contributed by atoms with Crippen LogP contribution in [0.4, 0.5) is 0 Å². The van der Waals surface area contributed by atoms with E-state index < -0.39 is 0 Å². The number of rotatable bonds is 18. The molecule has 0 aromatic carbocycles. The van der Waals surface area contributed by atoms with Gasteiger partial charge >= 0.3 is 0 Å². The first-order valence-electron chi connectivity index (χ1n) is 12.4. The molecule has 0 saturated carbocycles. The fraction of sp³-hybridized carbons (Fsp3) is 1.00. The third-order valence-corrected chi connectivity index (χ3v) is 11.7. The zero-order chi connectivity index (χ0) is 19.9. The Morgan fingerprint density at radius 2 is 0.500 bits per heavy atom. The van der Waals surface area contributed by atoms with Gasteiger partial charge < -0.3 is 12.4 Å². The molecule has 0 aromatic heterocycles. The maximum Gasteiger partial charge on any atom is 0.0571 e. The normalized spacial score (nSPS) is 10.3. The summed E-state index contributed by atoms with van der Waals surface area (Å²) < 4.78 is 0. The van der Waals surface area contributed by atoms with Crippen LogP contribution in [0.25, 0.3) is 0 Å². The predicted molar refractivity (Wildman–Crippen MR) is 135 cm³/mol. The quantitative estimate of drug-likeness (QED) is 0.157. The molecule has 178 valence electrons. The van der Waals surface area contributed by atoms with E-state index in [2.05, 4.69) is 41.5 Å². The standard InChI is InChI=1S/2C12H27P.ClH.Pt/c2*1-4-7-10-13(11-8-5-2)12-9-6-3;;/h2*4-12H2,1-3H3;1H;/p+1. The van der Waals surface area contributed by atoms with E-state index in [1.807, 2.05) is 0 Å². The van der Waals surface area contributed by atoms with Crippen molar-refractivity contribution < 1.29 is 33.5 Å². The fourth-order valence-corrected chi connectivity index (χ4v) is 9.93. The van der Waals surface area contributed by atoms with Crippen LogP contribution in [-0.2, 0) is 21.1 Å². The molecule has 0 amide bonds. The largest absolute Gasteiger partial charge is 1.00 e. The summed E-state index contributed by atoms with van der Waals surface area (Å²) in [6.45, 7) is 13.9. The first kappa shape index (κ1) is 37.2. The van der Waals surface area contributed by atoms with Gasteiger partial charge in [-0.1, -0.05) is 80.1 Å². The van der Waals surface area contributed by atoms with Crippen molar-refractivity contribution in [3.8, 4) is 0 Å². The van der Waals surface area contributed by atoms with Gasteiger partial charge in [0.2, 0.25) is 0 Å². The van der Waals surface area contributed by atoms with Crippen LogP contribution in [0.1, 0.15) is 119 Å². The Hall–Kier alpha value is 1.84. The molecule has 0 aliphatic rings. The van der Waals surface area contributed by atoms with Gasteiger partial charge in [-0.25, -0.2) is 0 Å². The summed E-state index contributed by atoms with van der Waals surface area (Å²) in [5, 5.41) is 0. The summed E-state index contributed by atoms with van der Waals surface area (Å²) in [7, 11) is 0.135. The zero-order valence-electron chi connectivity index (χ0n) is 20.4. The molecule has 0 N–H and O–H groups in total. The van der Waals surface area contributed by atoms with Gasteiger partial charge in [-0.15, -0.1) is 0 Å². The van der Waals surface area contributed by atoms with Gasteiger partial charge in [-0.2, -0.15) is 0 Å². The van der Waals surface area contributed by atoms with E-state index in [9.17, 15) is 0 Å². The molecule has 0 aliphatic heterocycles. The topological polar surface area (TPSA) is 0 Å². The van der Waals surface area contributed by atoms with E-state index in [4.69, 9.17) is 0 Å². The van der Waals surface area contributed by atoms with Crippen molar-refractivity contribution in [1.82, 2.24) is 0 Å². The van der Waals surface area contributed by atoms with Gasteiger partial charge in [-0.05, 0) is 38.5 Å². The summed E-state index contributed by atoms with van der Waals surface area (Å²) in [4.78, 5) is 0. The van der Waals surface area contributed by atoms with Crippen LogP contribution >= 0.6 is 15.8 Å². The van der Waals surface area contributed by atoms with Crippen molar-refractivity contribution >= 4 is 15.8 Å². The second-order valence-corrected chi connectivity index (χ2v) is 14.1. The van der Waals surface area contributed by atoms with E-state index in [0.29, 0.717) is 0 Å². The Balaban J connectivity index is -0.000000192. The van der Waals surface area contributed by atoms with E-state index >= 15 is 0 Å².